The first-order valence-corrected chi connectivity index (χ1v) is 9.43. The first-order chi connectivity index (χ1) is 9.63. The second kappa shape index (κ2) is 5.89. The van der Waals surface area contributed by atoms with Crippen molar-refractivity contribution in [3.63, 3.8) is 0 Å². The van der Waals surface area contributed by atoms with Crippen LogP contribution in [-0.2, 0) is 10.0 Å². The van der Waals surface area contributed by atoms with Gasteiger partial charge in [-0.1, -0.05) is 29.8 Å². The Kier molecular flexibility index (Phi) is 4.71. The number of benzene rings is 1. The van der Waals surface area contributed by atoms with Gasteiger partial charge in [0.1, 0.15) is 0 Å². The van der Waals surface area contributed by atoms with Crippen molar-refractivity contribution in [2.24, 2.45) is 5.41 Å². The zero-order valence-electron chi connectivity index (χ0n) is 12.8. The van der Waals surface area contributed by atoms with Gasteiger partial charge in [-0.05, 0) is 49.3 Å². The lowest BCUT2D eigenvalue weighted by atomic mass is 9.85. The Morgan fingerprint density at radius 1 is 1.24 bits per heavy atom. The monoisotopic (exact) mass is 374 g/mol. The molecule has 1 fully saturated rings. The predicted octanol–water partition coefficient (Wildman–Crippen LogP) is 3.54. The summed E-state index contributed by atoms with van der Waals surface area (Å²) in [6.45, 7) is 7.31. The summed E-state index contributed by atoms with van der Waals surface area (Å²) in [6.07, 6.45) is 2.84. The van der Waals surface area contributed by atoms with E-state index in [1.165, 1.54) is 0 Å². The Hall–Kier alpha value is -0.590. The van der Waals surface area contributed by atoms with Crippen LogP contribution in [0.1, 0.15) is 38.7 Å². The molecule has 0 unspecified atom stereocenters. The van der Waals surface area contributed by atoms with E-state index in [2.05, 4.69) is 29.8 Å². The van der Waals surface area contributed by atoms with Crippen LogP contribution in [-0.4, -0.2) is 25.8 Å². The van der Waals surface area contributed by atoms with Gasteiger partial charge in [0.15, 0.2) is 0 Å². The Balaban J connectivity index is 2.39. The number of nitrogens with zero attached hydrogens (tertiary/aromatic N) is 1. The molecule has 4 nitrogen and oxygen atoms in total. The van der Waals surface area contributed by atoms with Crippen molar-refractivity contribution in [1.29, 1.82) is 0 Å². The minimum Gasteiger partial charge on any atom is -0.398 e. The highest BCUT2D eigenvalue weighted by Crippen LogP contribution is 2.34. The number of nitrogen functional groups attached to an aromatic ring is 1. The van der Waals surface area contributed by atoms with Gasteiger partial charge in [0.05, 0.1) is 4.90 Å². The Morgan fingerprint density at radius 3 is 2.57 bits per heavy atom. The second-order valence-electron chi connectivity index (χ2n) is 6.54. The van der Waals surface area contributed by atoms with Crippen LogP contribution in [0.5, 0.6) is 0 Å². The third-order valence-corrected chi connectivity index (χ3v) is 6.76. The van der Waals surface area contributed by atoms with E-state index in [0.717, 1.165) is 19.3 Å². The molecule has 0 aliphatic carbocycles. The van der Waals surface area contributed by atoms with Gasteiger partial charge in [0.25, 0.3) is 0 Å². The maximum absolute atomic E-state index is 12.9. The lowest BCUT2D eigenvalue weighted by Crippen LogP contribution is -2.33. The molecule has 0 aromatic heterocycles. The van der Waals surface area contributed by atoms with E-state index in [-0.39, 0.29) is 5.41 Å². The largest absolute Gasteiger partial charge is 0.398 e. The highest BCUT2D eigenvalue weighted by atomic mass is 79.9. The average molecular weight is 375 g/mol. The second-order valence-corrected chi connectivity index (χ2v) is 9.36. The van der Waals surface area contributed by atoms with Gasteiger partial charge in [-0.3, -0.25) is 0 Å². The number of halogens is 1. The van der Waals surface area contributed by atoms with Crippen LogP contribution in [0.25, 0.3) is 0 Å². The van der Waals surface area contributed by atoms with Gasteiger partial charge in [-0.25, -0.2) is 8.42 Å². The van der Waals surface area contributed by atoms with Crippen LogP contribution in [0.4, 0.5) is 5.69 Å². The summed E-state index contributed by atoms with van der Waals surface area (Å²) >= 11 is 3.33. The summed E-state index contributed by atoms with van der Waals surface area (Å²) in [7, 11) is -3.49. The molecule has 2 rings (SSSR count). The van der Waals surface area contributed by atoms with E-state index in [0.29, 0.717) is 33.7 Å². The molecule has 0 atom stereocenters. The summed E-state index contributed by atoms with van der Waals surface area (Å²) in [5, 5.41) is 0. The van der Waals surface area contributed by atoms with Crippen molar-refractivity contribution in [1.82, 2.24) is 4.31 Å². The van der Waals surface area contributed by atoms with Gasteiger partial charge in [0, 0.05) is 23.2 Å². The topological polar surface area (TPSA) is 63.4 Å². The summed E-state index contributed by atoms with van der Waals surface area (Å²) in [5.74, 6) is 0. The highest BCUT2D eigenvalue weighted by Gasteiger charge is 2.31. The van der Waals surface area contributed by atoms with Crippen molar-refractivity contribution in [3.8, 4) is 0 Å². The predicted molar refractivity (Wildman–Crippen MR) is 89.7 cm³/mol. The molecule has 1 aromatic carbocycles. The first-order valence-electron chi connectivity index (χ1n) is 7.19. The van der Waals surface area contributed by atoms with Gasteiger partial charge >= 0.3 is 0 Å². The quantitative estimate of drug-likeness (QED) is 0.805. The fraction of sp³-hybridized carbons (Fsp3) is 0.600. The van der Waals surface area contributed by atoms with E-state index in [4.69, 9.17) is 5.73 Å². The Labute approximate surface area is 135 Å². The van der Waals surface area contributed by atoms with E-state index < -0.39 is 10.0 Å². The SMILES string of the molecule is Cc1c(N)cc(Br)cc1S(=O)(=O)N1CCCC(C)(C)CC1. The van der Waals surface area contributed by atoms with Gasteiger partial charge < -0.3 is 5.73 Å². The summed E-state index contributed by atoms with van der Waals surface area (Å²) in [6, 6.07) is 3.39. The molecular formula is C15H23BrN2O2S. The number of nitrogens with two attached hydrogens (primary N) is 1. The lowest BCUT2D eigenvalue weighted by Gasteiger charge is -2.24. The van der Waals surface area contributed by atoms with Crippen LogP contribution in [0, 0.1) is 12.3 Å². The molecule has 21 heavy (non-hydrogen) atoms. The Morgan fingerprint density at radius 2 is 1.90 bits per heavy atom. The number of sulfonamides is 1. The zero-order valence-corrected chi connectivity index (χ0v) is 15.2. The molecule has 118 valence electrons. The summed E-state index contributed by atoms with van der Waals surface area (Å²) in [4.78, 5) is 0.314. The minimum atomic E-state index is -3.49. The highest BCUT2D eigenvalue weighted by molar-refractivity contribution is 9.10. The number of hydrogen-bond acceptors (Lipinski definition) is 3. The third kappa shape index (κ3) is 3.60. The standard InChI is InChI=1S/C15H23BrN2O2S/c1-11-13(17)9-12(16)10-14(11)21(19,20)18-7-4-5-15(2,3)6-8-18/h9-10H,4-8,17H2,1-3H3. The van der Waals surface area contributed by atoms with Crippen LogP contribution >= 0.6 is 15.9 Å². The average Bonchev–Trinajstić information content (AvgIpc) is 2.55. The minimum absolute atomic E-state index is 0.204. The molecule has 1 aliphatic heterocycles. The molecule has 1 aromatic rings. The van der Waals surface area contributed by atoms with Crippen LogP contribution < -0.4 is 5.73 Å². The molecule has 1 aliphatic rings. The Bertz CT molecular complexity index is 641. The molecule has 2 N–H and O–H groups in total. The third-order valence-electron chi connectivity index (χ3n) is 4.28. The molecule has 0 radical (unpaired) electrons. The molecule has 1 saturated heterocycles. The molecule has 1 heterocycles. The first kappa shape index (κ1) is 16.8. The molecule has 6 heteroatoms. The van der Waals surface area contributed by atoms with Crippen LogP contribution in [0.2, 0.25) is 0 Å². The van der Waals surface area contributed by atoms with E-state index >= 15 is 0 Å². The van der Waals surface area contributed by atoms with Crippen molar-refractivity contribution >= 4 is 31.6 Å². The molecule has 0 bridgehead atoms. The summed E-state index contributed by atoms with van der Waals surface area (Å²) in [5.41, 5.74) is 7.24. The lowest BCUT2D eigenvalue weighted by molar-refractivity contribution is 0.315. The van der Waals surface area contributed by atoms with Crippen LogP contribution in [0.15, 0.2) is 21.5 Å². The van der Waals surface area contributed by atoms with Gasteiger partial charge in [0.2, 0.25) is 10.0 Å². The molecule has 0 saturated carbocycles. The van der Waals surface area contributed by atoms with Gasteiger partial charge in [-0.15, -0.1) is 0 Å². The smallest absolute Gasteiger partial charge is 0.243 e. The van der Waals surface area contributed by atoms with Gasteiger partial charge in [-0.2, -0.15) is 4.31 Å². The maximum atomic E-state index is 12.9. The summed E-state index contributed by atoms with van der Waals surface area (Å²) < 4.78 is 28.2. The molecule has 0 spiro atoms. The van der Waals surface area contributed by atoms with E-state index in [1.807, 2.05) is 0 Å². The fourth-order valence-corrected chi connectivity index (χ4v) is 5.11. The van der Waals surface area contributed by atoms with Crippen molar-refractivity contribution < 1.29 is 8.42 Å². The van der Waals surface area contributed by atoms with Crippen molar-refractivity contribution in [3.05, 3.63) is 22.2 Å². The fourth-order valence-electron chi connectivity index (χ4n) is 2.72. The van der Waals surface area contributed by atoms with E-state index in [9.17, 15) is 8.42 Å². The maximum Gasteiger partial charge on any atom is 0.243 e. The zero-order chi connectivity index (χ0) is 15.8. The number of hydrogen-bond donors (Lipinski definition) is 1. The molecule has 0 amide bonds. The van der Waals surface area contributed by atoms with E-state index in [1.54, 1.807) is 23.4 Å². The van der Waals surface area contributed by atoms with Crippen molar-refractivity contribution in [2.45, 2.75) is 44.9 Å². The van der Waals surface area contributed by atoms with Crippen LogP contribution in [0.3, 0.4) is 0 Å². The van der Waals surface area contributed by atoms with Crippen molar-refractivity contribution in [2.75, 3.05) is 18.8 Å². The normalized spacial score (nSPS) is 20.2. The molecular weight excluding hydrogens is 352 g/mol. The number of anilines is 1. The number of rotatable bonds is 2.